The van der Waals surface area contributed by atoms with Crippen molar-refractivity contribution in [3.63, 3.8) is 0 Å². The molecule has 20 heavy (non-hydrogen) atoms. The van der Waals surface area contributed by atoms with E-state index in [2.05, 4.69) is 25.7 Å². The molecule has 1 aromatic heterocycles. The minimum Gasteiger partial charge on any atom is -0.465 e. The number of aromatic nitrogens is 2. The number of ether oxygens (including phenoxy) is 1. The second kappa shape index (κ2) is 5.31. The topological polar surface area (TPSA) is 102 Å². The van der Waals surface area contributed by atoms with Gasteiger partial charge in [-0.3, -0.25) is 9.36 Å². The Labute approximate surface area is 121 Å². The molecule has 0 aliphatic carbocycles. The zero-order valence-electron chi connectivity index (χ0n) is 10.4. The second-order valence-corrected chi connectivity index (χ2v) is 5.06. The number of esters is 1. The summed E-state index contributed by atoms with van der Waals surface area (Å²) in [6, 6.07) is 4.95. The van der Waals surface area contributed by atoms with Crippen LogP contribution < -0.4 is 5.56 Å². The molecule has 0 fully saturated rings. The third kappa shape index (κ3) is 2.72. The highest BCUT2D eigenvalue weighted by Gasteiger charge is 2.35. The van der Waals surface area contributed by atoms with Crippen LogP contribution in [0.15, 0.2) is 33.8 Å². The quantitative estimate of drug-likeness (QED) is 0.602. The molecule has 2 aromatic rings. The molecule has 0 aliphatic heterocycles. The molecule has 106 valence electrons. The van der Waals surface area contributed by atoms with Crippen LogP contribution >= 0.6 is 15.9 Å². The first-order chi connectivity index (χ1) is 9.35. The average molecular weight is 343 g/mol. The Morgan fingerprint density at radius 3 is 2.85 bits per heavy atom. The van der Waals surface area contributed by atoms with Gasteiger partial charge in [0.25, 0.3) is 11.3 Å². The standard InChI is InChI=1S/C12H11BrN2O5/c1-20-11(17)12(18,19)5-15-6-14-9-3-2-7(13)4-8(9)10(15)16/h2-4,6,18-19H,5H2,1H3. The number of fused-ring (bicyclic) bond motifs is 1. The van der Waals surface area contributed by atoms with Gasteiger partial charge in [-0.25, -0.2) is 9.78 Å². The molecule has 0 amide bonds. The number of carbonyl (C=O) groups is 1. The van der Waals surface area contributed by atoms with E-state index in [0.29, 0.717) is 15.4 Å². The molecule has 0 aliphatic rings. The molecule has 0 atom stereocenters. The molecule has 0 saturated heterocycles. The van der Waals surface area contributed by atoms with Crippen LogP contribution in [-0.4, -0.2) is 38.6 Å². The summed E-state index contributed by atoms with van der Waals surface area (Å²) in [5.74, 6) is -4.04. The number of hydrogen-bond acceptors (Lipinski definition) is 6. The molecular formula is C12H11BrN2O5. The van der Waals surface area contributed by atoms with Crippen LogP contribution in [0, 0.1) is 0 Å². The highest BCUT2D eigenvalue weighted by atomic mass is 79.9. The predicted octanol–water partition coefficient (Wildman–Crippen LogP) is 0.0129. The van der Waals surface area contributed by atoms with Crippen LogP contribution in [0.5, 0.6) is 0 Å². The number of methoxy groups -OCH3 is 1. The number of nitrogens with zero attached hydrogens (tertiary/aromatic N) is 2. The highest BCUT2D eigenvalue weighted by molar-refractivity contribution is 9.10. The van der Waals surface area contributed by atoms with E-state index in [0.717, 1.165) is 18.0 Å². The lowest BCUT2D eigenvalue weighted by atomic mass is 10.2. The fourth-order valence-electron chi connectivity index (χ4n) is 1.71. The third-order valence-electron chi connectivity index (χ3n) is 2.69. The van der Waals surface area contributed by atoms with E-state index in [1.807, 2.05) is 0 Å². The number of rotatable bonds is 3. The molecule has 2 N–H and O–H groups in total. The number of aliphatic hydroxyl groups is 2. The fraction of sp³-hybridized carbons (Fsp3) is 0.250. The SMILES string of the molecule is COC(=O)C(O)(O)Cn1cnc2ccc(Br)cc2c1=O. The van der Waals surface area contributed by atoms with Gasteiger partial charge in [0.1, 0.15) is 0 Å². The molecule has 1 heterocycles. The van der Waals surface area contributed by atoms with Crippen molar-refractivity contribution >= 4 is 32.8 Å². The van der Waals surface area contributed by atoms with E-state index in [4.69, 9.17) is 0 Å². The van der Waals surface area contributed by atoms with Gasteiger partial charge in [0.2, 0.25) is 0 Å². The van der Waals surface area contributed by atoms with E-state index < -0.39 is 23.9 Å². The number of hydrogen-bond donors (Lipinski definition) is 2. The average Bonchev–Trinajstić information content (AvgIpc) is 2.41. The molecule has 0 spiro atoms. The third-order valence-corrected chi connectivity index (χ3v) is 3.18. The molecule has 0 bridgehead atoms. The van der Waals surface area contributed by atoms with Gasteiger partial charge in [-0.2, -0.15) is 0 Å². The zero-order chi connectivity index (χ0) is 14.9. The van der Waals surface area contributed by atoms with Gasteiger partial charge in [0.05, 0.1) is 30.9 Å². The van der Waals surface area contributed by atoms with Crippen LogP contribution in [0.1, 0.15) is 0 Å². The van der Waals surface area contributed by atoms with Crippen molar-refractivity contribution in [1.82, 2.24) is 9.55 Å². The van der Waals surface area contributed by atoms with Gasteiger partial charge in [0, 0.05) is 4.47 Å². The highest BCUT2D eigenvalue weighted by Crippen LogP contribution is 2.15. The van der Waals surface area contributed by atoms with Crippen molar-refractivity contribution in [3.05, 3.63) is 39.4 Å². The maximum atomic E-state index is 12.2. The Morgan fingerprint density at radius 1 is 1.50 bits per heavy atom. The van der Waals surface area contributed by atoms with Crippen molar-refractivity contribution in [3.8, 4) is 0 Å². The largest absolute Gasteiger partial charge is 0.465 e. The van der Waals surface area contributed by atoms with Crippen molar-refractivity contribution in [2.75, 3.05) is 7.11 Å². The smallest absolute Gasteiger partial charge is 0.368 e. The van der Waals surface area contributed by atoms with Gasteiger partial charge in [-0.1, -0.05) is 15.9 Å². The molecule has 1 aromatic carbocycles. The number of carbonyl (C=O) groups excluding carboxylic acids is 1. The molecule has 2 rings (SSSR count). The molecule has 0 unspecified atom stereocenters. The van der Waals surface area contributed by atoms with E-state index in [-0.39, 0.29) is 0 Å². The van der Waals surface area contributed by atoms with Crippen LogP contribution in [0.2, 0.25) is 0 Å². The Hall–Kier alpha value is -1.77. The first-order valence-electron chi connectivity index (χ1n) is 5.53. The van der Waals surface area contributed by atoms with Crippen molar-refractivity contribution in [2.45, 2.75) is 12.3 Å². The maximum Gasteiger partial charge on any atom is 0.368 e. The first-order valence-corrected chi connectivity index (χ1v) is 6.32. The monoisotopic (exact) mass is 342 g/mol. The van der Waals surface area contributed by atoms with E-state index in [1.165, 1.54) is 0 Å². The van der Waals surface area contributed by atoms with E-state index >= 15 is 0 Å². The summed E-state index contributed by atoms with van der Waals surface area (Å²) in [6.07, 6.45) is 1.14. The number of halogens is 1. The summed E-state index contributed by atoms with van der Waals surface area (Å²) in [4.78, 5) is 27.4. The van der Waals surface area contributed by atoms with E-state index in [1.54, 1.807) is 18.2 Å². The van der Waals surface area contributed by atoms with Crippen LogP contribution in [0.25, 0.3) is 10.9 Å². The first kappa shape index (κ1) is 14.6. The van der Waals surface area contributed by atoms with Crippen molar-refractivity contribution in [2.24, 2.45) is 0 Å². The lowest BCUT2D eigenvalue weighted by Gasteiger charge is -2.19. The Kier molecular flexibility index (Phi) is 3.89. The Morgan fingerprint density at radius 2 is 2.20 bits per heavy atom. The molecule has 0 radical (unpaired) electrons. The van der Waals surface area contributed by atoms with E-state index in [9.17, 15) is 19.8 Å². The summed E-state index contributed by atoms with van der Waals surface area (Å²) in [5.41, 5.74) is -0.0262. The lowest BCUT2D eigenvalue weighted by molar-refractivity contribution is -0.211. The van der Waals surface area contributed by atoms with Crippen LogP contribution in [-0.2, 0) is 16.1 Å². The fourth-order valence-corrected chi connectivity index (χ4v) is 2.07. The maximum absolute atomic E-state index is 12.2. The van der Waals surface area contributed by atoms with Gasteiger partial charge < -0.3 is 14.9 Å². The van der Waals surface area contributed by atoms with Gasteiger partial charge in [0.15, 0.2) is 0 Å². The van der Waals surface area contributed by atoms with Gasteiger partial charge >= 0.3 is 5.97 Å². The van der Waals surface area contributed by atoms with Crippen LogP contribution in [0.3, 0.4) is 0 Å². The molecule has 8 heteroatoms. The normalized spacial score (nSPS) is 11.6. The molecular weight excluding hydrogens is 332 g/mol. The predicted molar refractivity (Wildman–Crippen MR) is 72.9 cm³/mol. The lowest BCUT2D eigenvalue weighted by Crippen LogP contribution is -2.45. The minimum atomic E-state index is -2.79. The minimum absolute atomic E-state index is 0.294. The summed E-state index contributed by atoms with van der Waals surface area (Å²) >= 11 is 3.24. The van der Waals surface area contributed by atoms with Crippen LogP contribution in [0.4, 0.5) is 0 Å². The van der Waals surface area contributed by atoms with Gasteiger partial charge in [-0.05, 0) is 18.2 Å². The number of benzene rings is 1. The summed E-state index contributed by atoms with van der Waals surface area (Å²) < 4.78 is 5.88. The summed E-state index contributed by atoms with van der Waals surface area (Å²) in [5, 5.41) is 19.4. The van der Waals surface area contributed by atoms with Crippen molar-refractivity contribution in [1.29, 1.82) is 0 Å². The second-order valence-electron chi connectivity index (χ2n) is 4.15. The summed E-state index contributed by atoms with van der Waals surface area (Å²) in [6.45, 7) is -0.673. The van der Waals surface area contributed by atoms with Crippen molar-refractivity contribution < 1.29 is 19.7 Å². The zero-order valence-corrected chi connectivity index (χ0v) is 12.0. The van der Waals surface area contributed by atoms with Gasteiger partial charge in [-0.15, -0.1) is 0 Å². The molecule has 7 nitrogen and oxygen atoms in total. The molecule has 0 saturated carbocycles. The Bertz CT molecular complexity index is 725. The summed E-state index contributed by atoms with van der Waals surface area (Å²) in [7, 11) is 1.02. The Balaban J connectivity index is 2.49.